The van der Waals surface area contributed by atoms with Gasteiger partial charge in [-0.1, -0.05) is 45.9 Å². The Morgan fingerprint density at radius 2 is 1.12 bits per heavy atom. The normalized spacial score (nSPS) is 16.2. The molecule has 1 aromatic carbocycles. The number of carbonyl (C=O) groups excluding carboxylic acids is 11. The van der Waals surface area contributed by atoms with Gasteiger partial charge in [0.05, 0.1) is 31.8 Å². The molecule has 0 unspecified atom stereocenters. The molecule has 0 saturated carbocycles. The summed E-state index contributed by atoms with van der Waals surface area (Å²) in [6, 6.07) is -5.71. The molecule has 516 valence electrons. The molecule has 94 heavy (non-hydrogen) atoms. The van der Waals surface area contributed by atoms with Crippen molar-refractivity contribution >= 4 is 105 Å². The number of rotatable bonds is 39. The van der Waals surface area contributed by atoms with Crippen molar-refractivity contribution < 1.29 is 67.7 Å². The van der Waals surface area contributed by atoms with Gasteiger partial charge in [-0.15, -0.1) is 0 Å². The van der Waals surface area contributed by atoms with Gasteiger partial charge in [0.2, 0.25) is 65.0 Å². The fourth-order valence-corrected chi connectivity index (χ4v) is 11.4. The summed E-state index contributed by atoms with van der Waals surface area (Å²) in [6.07, 6.45) is 9.87. The predicted molar refractivity (Wildman–Crippen MR) is 351 cm³/mol. The van der Waals surface area contributed by atoms with Crippen molar-refractivity contribution in [2.75, 3.05) is 43.7 Å². The van der Waals surface area contributed by atoms with Crippen molar-refractivity contribution in [2.24, 2.45) is 17.6 Å². The van der Waals surface area contributed by atoms with Crippen LogP contribution in [0.4, 0.5) is 0 Å². The quantitative estimate of drug-likeness (QED) is 0.0233. The Labute approximate surface area is 553 Å². The van der Waals surface area contributed by atoms with E-state index in [0.717, 1.165) is 10.9 Å². The second-order valence-corrected chi connectivity index (χ2v) is 25.9. The fraction of sp³-hybridized carbons (Fsp3) is 0.574. The summed E-state index contributed by atoms with van der Waals surface area (Å²) in [5.74, 6) is -9.29. The molecule has 5 rings (SSSR count). The lowest BCUT2D eigenvalue weighted by Crippen LogP contribution is -2.61. The summed E-state index contributed by atoms with van der Waals surface area (Å²) in [7, 11) is 0. The molecule has 0 aliphatic carbocycles. The van der Waals surface area contributed by atoms with Gasteiger partial charge in [0, 0.05) is 66.7 Å². The van der Waals surface area contributed by atoms with Gasteiger partial charge in [0.25, 0.3) is 0 Å². The molecular weight excluding hydrogens is 1260 g/mol. The van der Waals surface area contributed by atoms with Crippen LogP contribution in [-0.2, 0) is 76.8 Å². The zero-order valence-corrected chi connectivity index (χ0v) is 55.8. The molecule has 4 heterocycles. The van der Waals surface area contributed by atoms with E-state index in [1.54, 1.807) is 32.4 Å². The Kier molecular flexibility index (Phi) is 30.8. The number of nitrogens with zero attached hydrogens (tertiary/aromatic N) is 3. The number of aliphatic hydroxyl groups is 1. The number of nitrogens with two attached hydrogens (primary N) is 1. The number of hydrogen-bond acceptors (Lipinski definition) is 18. The molecule has 4 aromatic rings. The van der Waals surface area contributed by atoms with Crippen molar-refractivity contribution in [1.29, 1.82) is 0 Å². The molecular formula is C61H91N17O14S2. The standard InChI is InChI=1S/C61H91N17O14S2/c1-32(2)20-46(75-57(87)45(24-38-28-64-31-68-38)72-54(84)42(16-19-94-8)70-52(82)34(5)69-49(80)25-62)60(90)78-17-11-14-48(78)58(88)74-43(22-36-26-65-40-13-10-9-12-39(36)40)55(85)73-44(23-37-27-63-30-67-37)56(86)71-41(15-18-93-7)53(83)66-29-50(81)77-51(35(6)79)59(89)76-47(61(91)92)21-33(3)4/h9-10,12-13,26-28,30-35,41-48,51,65,79H,11,14-25,29,62H2,1-8H3,(H,63,67)(H,64,68)(H,66,83)(H,69,80)(H,70,82)(H,71,86)(H,72,84)(H,73,85)(H,74,88)(H,75,87)(H,76,89)(H,77,81)(H,91,92)/t34-,35+,41-,42-,43-,44-,45-,46-,47-,48-,51-/m0/s1. The number of carboxylic acids is 1. The van der Waals surface area contributed by atoms with Crippen molar-refractivity contribution in [2.45, 2.75) is 166 Å². The first-order chi connectivity index (χ1) is 44.7. The van der Waals surface area contributed by atoms with Crippen LogP contribution in [-0.4, -0.2) is 221 Å². The molecule has 0 bridgehead atoms. The molecule has 17 N–H and O–H groups in total. The third kappa shape index (κ3) is 23.8. The molecule has 3 aromatic heterocycles. The first-order valence-corrected chi connectivity index (χ1v) is 33.9. The molecule has 33 heteroatoms. The third-order valence-electron chi connectivity index (χ3n) is 15.4. The monoisotopic (exact) mass is 1350 g/mol. The number of imidazole rings is 2. The summed E-state index contributed by atoms with van der Waals surface area (Å²) in [6.45, 7) is 8.84. The fourth-order valence-electron chi connectivity index (χ4n) is 10.5. The van der Waals surface area contributed by atoms with E-state index in [1.165, 1.54) is 67.3 Å². The van der Waals surface area contributed by atoms with E-state index in [2.05, 4.69) is 78.1 Å². The Morgan fingerprint density at radius 3 is 1.65 bits per heavy atom. The summed E-state index contributed by atoms with van der Waals surface area (Å²) < 4.78 is 0. The SMILES string of the molecule is CSCC[C@H](NC(=O)[C@H](C)NC(=O)CN)C(=O)N[C@@H](Cc1cnc[nH]1)C(=O)N[C@@H](CC(C)C)C(=O)N1CCC[C@H]1C(=O)N[C@@H](Cc1c[nH]c2ccccc12)C(=O)N[C@@H](Cc1cnc[nH]1)C(=O)N[C@@H](CCSC)C(=O)NCC(=O)N[C@H](C(=O)N[C@@H](CC(C)C)C(=O)O)[C@@H](C)O. The maximum absolute atomic E-state index is 15.0. The van der Waals surface area contributed by atoms with Gasteiger partial charge in [-0.05, 0) is 99.9 Å². The molecule has 11 atom stereocenters. The Morgan fingerprint density at radius 1 is 0.606 bits per heavy atom. The molecule has 0 spiro atoms. The minimum absolute atomic E-state index is 0.0374. The number of carbonyl (C=O) groups is 12. The maximum Gasteiger partial charge on any atom is 0.326 e. The zero-order valence-electron chi connectivity index (χ0n) is 54.1. The van der Waals surface area contributed by atoms with Crippen LogP contribution in [0.15, 0.2) is 55.5 Å². The number of amides is 11. The summed E-state index contributed by atoms with van der Waals surface area (Å²) >= 11 is 2.77. The first kappa shape index (κ1) is 76.2. The van der Waals surface area contributed by atoms with E-state index < -0.39 is 144 Å². The number of carboxylic acid groups (broad SMARTS) is 1. The summed E-state index contributed by atoms with van der Waals surface area (Å²) in [5.41, 5.74) is 7.61. The number of thioether (sulfide) groups is 2. The summed E-state index contributed by atoms with van der Waals surface area (Å²) in [4.78, 5) is 184. The third-order valence-corrected chi connectivity index (χ3v) is 16.7. The zero-order chi connectivity index (χ0) is 69.2. The molecule has 0 radical (unpaired) electrons. The Hall–Kier alpha value is -8.56. The van der Waals surface area contributed by atoms with E-state index in [9.17, 15) is 67.7 Å². The van der Waals surface area contributed by atoms with Crippen molar-refractivity contribution in [3.63, 3.8) is 0 Å². The number of nitrogens with one attached hydrogen (secondary N) is 13. The number of aromatic nitrogens is 5. The van der Waals surface area contributed by atoms with Gasteiger partial charge in [-0.3, -0.25) is 52.7 Å². The Bertz CT molecular complexity index is 3200. The number of aliphatic carboxylic acids is 1. The molecule has 1 aliphatic heterocycles. The van der Waals surface area contributed by atoms with Crippen LogP contribution >= 0.6 is 23.5 Å². The van der Waals surface area contributed by atoms with Crippen molar-refractivity contribution in [1.82, 2.24) is 83.0 Å². The largest absolute Gasteiger partial charge is 0.480 e. The van der Waals surface area contributed by atoms with Crippen molar-refractivity contribution in [3.05, 3.63) is 72.5 Å². The van der Waals surface area contributed by atoms with E-state index in [-0.39, 0.29) is 76.3 Å². The van der Waals surface area contributed by atoms with Crippen LogP contribution in [0.25, 0.3) is 10.9 Å². The van der Waals surface area contributed by atoms with E-state index >= 15 is 0 Å². The number of benzene rings is 1. The van der Waals surface area contributed by atoms with Crippen LogP contribution in [0.3, 0.4) is 0 Å². The predicted octanol–water partition coefficient (Wildman–Crippen LogP) is -1.85. The van der Waals surface area contributed by atoms with Crippen LogP contribution < -0.4 is 58.9 Å². The second kappa shape index (κ2) is 38.0. The van der Waals surface area contributed by atoms with Crippen LogP contribution in [0.2, 0.25) is 0 Å². The highest BCUT2D eigenvalue weighted by Gasteiger charge is 2.41. The lowest BCUT2D eigenvalue weighted by molar-refractivity contribution is -0.143. The number of para-hydroxylation sites is 1. The van der Waals surface area contributed by atoms with Crippen LogP contribution in [0.5, 0.6) is 0 Å². The topological polar surface area (TPSA) is 468 Å². The van der Waals surface area contributed by atoms with E-state index in [4.69, 9.17) is 5.73 Å². The highest BCUT2D eigenvalue weighted by molar-refractivity contribution is 7.98. The van der Waals surface area contributed by atoms with Gasteiger partial charge < -0.3 is 89.0 Å². The number of fused-ring (bicyclic) bond motifs is 1. The maximum atomic E-state index is 15.0. The van der Waals surface area contributed by atoms with E-state index in [0.29, 0.717) is 34.9 Å². The number of aliphatic hydroxyl groups excluding tert-OH is 1. The number of likely N-dealkylation sites (tertiary alicyclic amines) is 1. The molecule has 11 amide bonds. The smallest absolute Gasteiger partial charge is 0.326 e. The lowest BCUT2D eigenvalue weighted by Gasteiger charge is -2.31. The first-order valence-electron chi connectivity index (χ1n) is 31.1. The molecule has 31 nitrogen and oxygen atoms in total. The number of H-pyrrole nitrogens is 3. The molecule has 1 aliphatic rings. The van der Waals surface area contributed by atoms with Crippen molar-refractivity contribution in [3.8, 4) is 0 Å². The highest BCUT2D eigenvalue weighted by Crippen LogP contribution is 2.24. The highest BCUT2D eigenvalue weighted by atomic mass is 32.2. The van der Waals surface area contributed by atoms with Gasteiger partial charge in [0.15, 0.2) is 0 Å². The van der Waals surface area contributed by atoms with Crippen LogP contribution in [0.1, 0.15) is 97.0 Å². The van der Waals surface area contributed by atoms with Gasteiger partial charge in [-0.25, -0.2) is 14.8 Å². The van der Waals surface area contributed by atoms with Gasteiger partial charge in [0.1, 0.15) is 60.4 Å². The summed E-state index contributed by atoms with van der Waals surface area (Å²) in [5, 5.41) is 47.0. The second-order valence-electron chi connectivity index (χ2n) is 23.9. The Balaban J connectivity index is 1.37. The minimum atomic E-state index is -1.60. The molecule has 1 fully saturated rings. The average Bonchev–Trinajstić information content (AvgIpc) is 1.60. The molecule has 1 saturated heterocycles. The average molecular weight is 1350 g/mol. The number of aromatic amines is 3. The van der Waals surface area contributed by atoms with Gasteiger partial charge in [-0.2, -0.15) is 23.5 Å². The minimum Gasteiger partial charge on any atom is -0.480 e. The van der Waals surface area contributed by atoms with Crippen LogP contribution in [0, 0.1) is 11.8 Å². The van der Waals surface area contributed by atoms with Gasteiger partial charge >= 0.3 is 5.97 Å². The lowest BCUT2D eigenvalue weighted by atomic mass is 10.0. The number of hydrogen-bond donors (Lipinski definition) is 16. The van der Waals surface area contributed by atoms with E-state index in [1.807, 2.05) is 38.3 Å².